The number of hydrogen-bond donors (Lipinski definition) is 1. The Morgan fingerprint density at radius 1 is 1.31 bits per heavy atom. The number of rotatable bonds is 7. The van der Waals surface area contributed by atoms with Gasteiger partial charge in [0.25, 0.3) is 0 Å². The van der Waals surface area contributed by atoms with Crippen LogP contribution in [0.5, 0.6) is 0 Å². The van der Waals surface area contributed by atoms with E-state index in [1.807, 2.05) is 24.2 Å². The zero-order chi connectivity index (χ0) is 11.8. The van der Waals surface area contributed by atoms with Gasteiger partial charge < -0.3 is 5.32 Å². The van der Waals surface area contributed by atoms with Gasteiger partial charge in [-0.15, -0.1) is 0 Å². The molecule has 1 heterocycles. The molecule has 0 bridgehead atoms. The van der Waals surface area contributed by atoms with E-state index in [2.05, 4.69) is 43.2 Å². The summed E-state index contributed by atoms with van der Waals surface area (Å²) in [4.78, 5) is 4.04. The molecule has 0 fully saturated rings. The minimum absolute atomic E-state index is 0.407. The Balaban J connectivity index is 2.31. The van der Waals surface area contributed by atoms with Gasteiger partial charge in [-0.25, -0.2) is 0 Å². The van der Waals surface area contributed by atoms with Gasteiger partial charge in [0, 0.05) is 24.5 Å². The Bertz CT molecular complexity index is 277. The fourth-order valence-corrected chi connectivity index (χ4v) is 2.47. The van der Waals surface area contributed by atoms with Crippen LogP contribution < -0.4 is 5.32 Å². The average molecular weight is 238 g/mol. The molecule has 0 amide bonds. The molecule has 16 heavy (non-hydrogen) atoms. The maximum Gasteiger partial charge on any atom is 0.0295 e. The van der Waals surface area contributed by atoms with Crippen LogP contribution in [0.3, 0.4) is 0 Å². The van der Waals surface area contributed by atoms with E-state index in [1.54, 1.807) is 0 Å². The predicted octanol–water partition coefficient (Wildman–Crippen LogP) is 3.26. The van der Waals surface area contributed by atoms with Gasteiger partial charge in [-0.2, -0.15) is 11.8 Å². The second kappa shape index (κ2) is 7.69. The summed E-state index contributed by atoms with van der Waals surface area (Å²) in [5.41, 5.74) is 1.31. The zero-order valence-electron chi connectivity index (χ0n) is 10.4. The highest BCUT2D eigenvalue weighted by Crippen LogP contribution is 2.13. The Hall–Kier alpha value is -0.540. The van der Waals surface area contributed by atoms with E-state index in [4.69, 9.17) is 0 Å². The van der Waals surface area contributed by atoms with Crippen LogP contribution in [0.15, 0.2) is 24.5 Å². The van der Waals surface area contributed by atoms with Crippen LogP contribution in [0.1, 0.15) is 38.8 Å². The minimum Gasteiger partial charge on any atom is -0.308 e. The summed E-state index contributed by atoms with van der Waals surface area (Å²) in [5, 5.41) is 3.61. The molecule has 0 aromatic carbocycles. The van der Waals surface area contributed by atoms with Crippen LogP contribution in [0.2, 0.25) is 0 Å². The molecular formula is C13H22N2S. The predicted molar refractivity (Wildman–Crippen MR) is 72.9 cm³/mol. The first kappa shape index (κ1) is 13.5. The highest BCUT2D eigenvalue weighted by atomic mass is 32.2. The van der Waals surface area contributed by atoms with Gasteiger partial charge in [0.1, 0.15) is 0 Å². The Labute approximate surface area is 103 Å². The zero-order valence-corrected chi connectivity index (χ0v) is 11.3. The summed E-state index contributed by atoms with van der Waals surface area (Å²) in [7, 11) is 0. The molecule has 1 N–H and O–H groups in total. The highest BCUT2D eigenvalue weighted by Gasteiger charge is 2.08. The summed E-state index contributed by atoms with van der Waals surface area (Å²) in [6.07, 6.45) is 4.93. The van der Waals surface area contributed by atoms with Crippen molar-refractivity contribution in [2.24, 2.45) is 0 Å². The molecule has 2 nitrogen and oxygen atoms in total. The van der Waals surface area contributed by atoms with E-state index in [0.717, 1.165) is 0 Å². The third-order valence-corrected chi connectivity index (χ3v) is 3.57. The molecule has 3 heteroatoms. The topological polar surface area (TPSA) is 24.9 Å². The first-order chi connectivity index (χ1) is 7.74. The maximum atomic E-state index is 4.04. The summed E-state index contributed by atoms with van der Waals surface area (Å²) in [6, 6.07) is 5.13. The van der Waals surface area contributed by atoms with E-state index in [0.29, 0.717) is 12.1 Å². The lowest BCUT2D eigenvalue weighted by Gasteiger charge is -2.20. The van der Waals surface area contributed by atoms with Gasteiger partial charge in [0.05, 0.1) is 0 Å². The molecule has 0 aliphatic carbocycles. The quantitative estimate of drug-likeness (QED) is 0.738. The SMILES string of the molecule is CCSCCC(C)NC(C)c1ccncc1. The van der Waals surface area contributed by atoms with Crippen LogP contribution in [0, 0.1) is 0 Å². The molecular weight excluding hydrogens is 216 g/mol. The molecule has 0 aliphatic rings. The van der Waals surface area contributed by atoms with Crippen LogP contribution in [0.25, 0.3) is 0 Å². The number of nitrogens with one attached hydrogen (secondary N) is 1. The highest BCUT2D eigenvalue weighted by molar-refractivity contribution is 7.99. The van der Waals surface area contributed by atoms with Crippen molar-refractivity contribution in [1.82, 2.24) is 10.3 Å². The standard InChI is InChI=1S/C13H22N2S/c1-4-16-10-7-11(2)15-12(3)13-5-8-14-9-6-13/h5-6,8-9,11-12,15H,4,7,10H2,1-3H3. The van der Waals surface area contributed by atoms with Crippen molar-refractivity contribution in [3.63, 3.8) is 0 Å². The molecule has 0 aliphatic heterocycles. The second-order valence-electron chi connectivity index (χ2n) is 4.06. The van der Waals surface area contributed by atoms with Crippen LogP contribution in [0.4, 0.5) is 0 Å². The first-order valence-corrected chi connectivity index (χ1v) is 7.13. The van der Waals surface area contributed by atoms with Gasteiger partial charge in [0.15, 0.2) is 0 Å². The lowest BCUT2D eigenvalue weighted by Crippen LogP contribution is -2.29. The molecule has 2 atom stereocenters. The third-order valence-electron chi connectivity index (χ3n) is 2.64. The Morgan fingerprint density at radius 3 is 2.62 bits per heavy atom. The van der Waals surface area contributed by atoms with Gasteiger partial charge in [-0.05, 0) is 49.5 Å². The summed E-state index contributed by atoms with van der Waals surface area (Å²) in [6.45, 7) is 6.68. The van der Waals surface area contributed by atoms with Gasteiger partial charge in [-0.3, -0.25) is 4.98 Å². The fraction of sp³-hybridized carbons (Fsp3) is 0.615. The van der Waals surface area contributed by atoms with E-state index in [1.165, 1.54) is 23.5 Å². The molecule has 90 valence electrons. The number of pyridine rings is 1. The molecule has 1 aromatic rings. The van der Waals surface area contributed by atoms with Crippen molar-refractivity contribution in [3.05, 3.63) is 30.1 Å². The molecule has 2 unspecified atom stereocenters. The van der Waals surface area contributed by atoms with Gasteiger partial charge in [-0.1, -0.05) is 6.92 Å². The molecule has 0 saturated heterocycles. The fourth-order valence-electron chi connectivity index (χ4n) is 1.66. The van der Waals surface area contributed by atoms with E-state index >= 15 is 0 Å². The van der Waals surface area contributed by atoms with Crippen molar-refractivity contribution in [3.8, 4) is 0 Å². The third kappa shape index (κ3) is 4.99. The molecule has 0 saturated carbocycles. The largest absolute Gasteiger partial charge is 0.308 e. The van der Waals surface area contributed by atoms with Crippen LogP contribution in [-0.2, 0) is 0 Å². The summed E-state index contributed by atoms with van der Waals surface area (Å²) < 4.78 is 0. The first-order valence-electron chi connectivity index (χ1n) is 5.97. The van der Waals surface area contributed by atoms with Gasteiger partial charge >= 0.3 is 0 Å². The monoisotopic (exact) mass is 238 g/mol. The van der Waals surface area contributed by atoms with Gasteiger partial charge in [0.2, 0.25) is 0 Å². The normalized spacial score (nSPS) is 14.7. The molecule has 1 aromatic heterocycles. The summed E-state index contributed by atoms with van der Waals surface area (Å²) in [5.74, 6) is 2.46. The van der Waals surface area contributed by atoms with E-state index in [-0.39, 0.29) is 0 Å². The van der Waals surface area contributed by atoms with Crippen molar-refractivity contribution in [2.45, 2.75) is 39.3 Å². The molecule has 1 rings (SSSR count). The second-order valence-corrected chi connectivity index (χ2v) is 5.45. The lowest BCUT2D eigenvalue weighted by molar-refractivity contribution is 0.471. The summed E-state index contributed by atoms with van der Waals surface area (Å²) >= 11 is 2.01. The van der Waals surface area contributed by atoms with Crippen LogP contribution >= 0.6 is 11.8 Å². The smallest absolute Gasteiger partial charge is 0.0295 e. The maximum absolute atomic E-state index is 4.04. The Morgan fingerprint density at radius 2 is 2.00 bits per heavy atom. The van der Waals surface area contributed by atoms with E-state index in [9.17, 15) is 0 Å². The number of aromatic nitrogens is 1. The van der Waals surface area contributed by atoms with Crippen molar-refractivity contribution >= 4 is 11.8 Å². The molecule has 0 spiro atoms. The lowest BCUT2D eigenvalue weighted by atomic mass is 10.1. The van der Waals surface area contributed by atoms with Crippen molar-refractivity contribution < 1.29 is 0 Å². The van der Waals surface area contributed by atoms with Crippen molar-refractivity contribution in [1.29, 1.82) is 0 Å². The van der Waals surface area contributed by atoms with Crippen molar-refractivity contribution in [2.75, 3.05) is 11.5 Å². The van der Waals surface area contributed by atoms with E-state index < -0.39 is 0 Å². The average Bonchev–Trinajstić information content (AvgIpc) is 2.30. The number of hydrogen-bond acceptors (Lipinski definition) is 3. The Kier molecular flexibility index (Phi) is 6.50. The molecule has 0 radical (unpaired) electrons. The number of thioether (sulfide) groups is 1. The minimum atomic E-state index is 0.407. The van der Waals surface area contributed by atoms with Crippen LogP contribution in [-0.4, -0.2) is 22.5 Å². The number of nitrogens with zero attached hydrogens (tertiary/aromatic N) is 1.